The highest BCUT2D eigenvalue weighted by atomic mass is 19.1. The van der Waals surface area contributed by atoms with Crippen molar-refractivity contribution in [1.82, 2.24) is 19.7 Å². The fourth-order valence-electron chi connectivity index (χ4n) is 4.01. The molecule has 0 aliphatic carbocycles. The van der Waals surface area contributed by atoms with Gasteiger partial charge in [-0.05, 0) is 25.8 Å². The first-order valence-electron chi connectivity index (χ1n) is 9.61. The van der Waals surface area contributed by atoms with E-state index in [0.29, 0.717) is 23.5 Å². The average molecular weight is 392 g/mol. The van der Waals surface area contributed by atoms with Gasteiger partial charge in [0.1, 0.15) is 18.0 Å². The highest BCUT2D eigenvalue weighted by Gasteiger charge is 2.30. The van der Waals surface area contributed by atoms with E-state index in [0.717, 1.165) is 42.0 Å². The predicted octanol–water partition coefficient (Wildman–Crippen LogP) is 2.85. The van der Waals surface area contributed by atoms with E-state index in [1.807, 2.05) is 13.0 Å². The molecule has 2 aliphatic rings. The van der Waals surface area contributed by atoms with E-state index < -0.39 is 5.60 Å². The molecule has 1 unspecified atom stereocenters. The second-order valence-corrected chi connectivity index (χ2v) is 8.00. The number of fused-ring (bicyclic) bond motifs is 1. The van der Waals surface area contributed by atoms with Gasteiger partial charge in [-0.25, -0.2) is 19.4 Å². The zero-order valence-electron chi connectivity index (χ0n) is 16.3. The molecule has 1 atom stereocenters. The molecule has 2 aliphatic heterocycles. The van der Waals surface area contributed by atoms with Gasteiger partial charge >= 0.3 is 0 Å². The molecule has 3 aromatic rings. The van der Waals surface area contributed by atoms with Crippen molar-refractivity contribution >= 4 is 17.2 Å². The van der Waals surface area contributed by atoms with E-state index in [2.05, 4.69) is 25.0 Å². The second-order valence-electron chi connectivity index (χ2n) is 8.00. The van der Waals surface area contributed by atoms with Crippen molar-refractivity contribution < 1.29 is 9.50 Å². The largest absolute Gasteiger partial charge is 0.388 e. The fraction of sp³-hybridized carbons (Fsp3) is 0.333. The van der Waals surface area contributed by atoms with Crippen LogP contribution in [-0.2, 0) is 7.05 Å². The highest BCUT2D eigenvalue weighted by Crippen LogP contribution is 2.38. The van der Waals surface area contributed by atoms with Gasteiger partial charge in [0.05, 0.1) is 28.9 Å². The number of benzene rings is 1. The monoisotopic (exact) mass is 392 g/mol. The second kappa shape index (κ2) is 6.45. The lowest BCUT2D eigenvalue weighted by molar-refractivity contribution is 0.0447. The molecule has 1 saturated heterocycles. The van der Waals surface area contributed by atoms with Crippen molar-refractivity contribution in [3.8, 4) is 11.1 Å². The quantitative estimate of drug-likeness (QED) is 0.580. The first-order chi connectivity index (χ1) is 13.9. The number of aliphatic imine (C=N–C) groups is 1. The lowest BCUT2D eigenvalue weighted by Crippen LogP contribution is -2.46. The molecule has 8 heteroatoms. The molecule has 0 radical (unpaired) electrons. The third-order valence-electron chi connectivity index (χ3n) is 5.48. The summed E-state index contributed by atoms with van der Waals surface area (Å²) in [5, 5.41) is 14.5. The standard InChI is InChI=1S/C21H21FN6O/c1-21(29)4-3-5-28(11-21)19-8-18(23-12-24-19)20-15-6-14(13-9-25-27(2)10-13)16(22)7-17(15)26-20/h6-10,12,29H,3-5,11H2,1-2H3. The number of hydrogen-bond acceptors (Lipinski definition) is 6. The maximum atomic E-state index is 14.5. The Labute approximate surface area is 167 Å². The Hall–Kier alpha value is -3.13. The van der Waals surface area contributed by atoms with Crippen molar-refractivity contribution in [3.63, 3.8) is 0 Å². The molecule has 29 heavy (non-hydrogen) atoms. The van der Waals surface area contributed by atoms with Crippen LogP contribution in [0.25, 0.3) is 11.1 Å². The van der Waals surface area contributed by atoms with Crippen molar-refractivity contribution in [2.45, 2.75) is 25.4 Å². The van der Waals surface area contributed by atoms with E-state index in [4.69, 9.17) is 0 Å². The Balaban J connectivity index is 1.47. The molecule has 1 aromatic carbocycles. The summed E-state index contributed by atoms with van der Waals surface area (Å²) in [5.74, 6) is 0.444. The number of nitrogens with zero attached hydrogens (tertiary/aromatic N) is 6. The SMILES string of the molecule is Cn1cc(-c2cc3c(cc2F)N=C3c2cc(N3CCCC(C)(O)C3)ncn2)cn1. The molecular weight excluding hydrogens is 371 g/mol. The predicted molar refractivity (Wildman–Crippen MR) is 108 cm³/mol. The van der Waals surface area contributed by atoms with Crippen LogP contribution in [0, 0.1) is 5.82 Å². The first kappa shape index (κ1) is 17.9. The number of halogens is 1. The summed E-state index contributed by atoms with van der Waals surface area (Å²) in [7, 11) is 1.80. The van der Waals surface area contributed by atoms with E-state index >= 15 is 0 Å². The molecule has 0 spiro atoms. The molecule has 0 bridgehead atoms. The van der Waals surface area contributed by atoms with Gasteiger partial charge in [0, 0.05) is 55.2 Å². The van der Waals surface area contributed by atoms with E-state index in [1.54, 1.807) is 30.2 Å². The topological polar surface area (TPSA) is 79.4 Å². The maximum Gasteiger partial charge on any atom is 0.133 e. The van der Waals surface area contributed by atoms with Crippen LogP contribution in [0.3, 0.4) is 0 Å². The lowest BCUT2D eigenvalue weighted by atomic mass is 9.94. The third kappa shape index (κ3) is 3.19. The molecule has 1 fully saturated rings. The Morgan fingerprint density at radius 3 is 2.79 bits per heavy atom. The summed E-state index contributed by atoms with van der Waals surface area (Å²) in [6, 6.07) is 5.14. The van der Waals surface area contributed by atoms with Gasteiger partial charge in [0.2, 0.25) is 0 Å². The number of rotatable bonds is 3. The number of piperidine rings is 1. The van der Waals surface area contributed by atoms with Crippen molar-refractivity contribution in [1.29, 1.82) is 0 Å². The number of β-amino-alcohol motifs (C(OH)–C–C–N with tert-alkyl or cyclic N) is 1. The number of aryl methyl sites for hydroxylation is 1. The minimum atomic E-state index is -0.722. The zero-order chi connectivity index (χ0) is 20.2. The summed E-state index contributed by atoms with van der Waals surface area (Å²) in [6.45, 7) is 3.22. The molecule has 1 N–H and O–H groups in total. The molecule has 4 heterocycles. The summed E-state index contributed by atoms with van der Waals surface area (Å²) >= 11 is 0. The van der Waals surface area contributed by atoms with Crippen LogP contribution < -0.4 is 4.90 Å². The van der Waals surface area contributed by atoms with Gasteiger partial charge in [-0.1, -0.05) is 0 Å². The zero-order valence-corrected chi connectivity index (χ0v) is 16.3. The van der Waals surface area contributed by atoms with E-state index in [1.165, 1.54) is 12.4 Å². The molecule has 5 rings (SSSR count). The van der Waals surface area contributed by atoms with Crippen LogP contribution in [0.1, 0.15) is 31.0 Å². The van der Waals surface area contributed by atoms with Crippen LogP contribution in [0.2, 0.25) is 0 Å². The Kier molecular flexibility index (Phi) is 3.99. The van der Waals surface area contributed by atoms with Crippen molar-refractivity contribution in [2.24, 2.45) is 12.0 Å². The Morgan fingerprint density at radius 1 is 1.17 bits per heavy atom. The summed E-state index contributed by atoms with van der Waals surface area (Å²) in [5.41, 5.74) is 3.38. The third-order valence-corrected chi connectivity index (χ3v) is 5.48. The first-order valence-corrected chi connectivity index (χ1v) is 9.61. The lowest BCUT2D eigenvalue weighted by Gasteiger charge is -2.37. The van der Waals surface area contributed by atoms with Crippen LogP contribution in [0.15, 0.2) is 41.9 Å². The van der Waals surface area contributed by atoms with Crippen molar-refractivity contribution in [3.05, 3.63) is 54.0 Å². The van der Waals surface area contributed by atoms with Crippen LogP contribution in [-0.4, -0.2) is 49.3 Å². The van der Waals surface area contributed by atoms with Gasteiger partial charge in [0.25, 0.3) is 0 Å². The van der Waals surface area contributed by atoms with Gasteiger partial charge < -0.3 is 10.0 Å². The van der Waals surface area contributed by atoms with E-state index in [9.17, 15) is 9.50 Å². The molecule has 0 saturated carbocycles. The maximum absolute atomic E-state index is 14.5. The number of hydrogen-bond donors (Lipinski definition) is 1. The molecule has 0 amide bonds. The van der Waals surface area contributed by atoms with Gasteiger partial charge in [0.15, 0.2) is 0 Å². The summed E-state index contributed by atoms with van der Waals surface area (Å²) < 4.78 is 16.2. The van der Waals surface area contributed by atoms with Gasteiger partial charge in [-0.3, -0.25) is 4.68 Å². The van der Waals surface area contributed by atoms with Crippen LogP contribution >= 0.6 is 0 Å². The Morgan fingerprint density at radius 2 is 2.03 bits per heavy atom. The minimum absolute atomic E-state index is 0.321. The van der Waals surface area contributed by atoms with Gasteiger partial charge in [-0.15, -0.1) is 0 Å². The average Bonchev–Trinajstić information content (AvgIpc) is 3.09. The van der Waals surface area contributed by atoms with E-state index in [-0.39, 0.29) is 5.82 Å². The molecule has 7 nitrogen and oxygen atoms in total. The number of aliphatic hydroxyl groups is 1. The number of anilines is 1. The van der Waals surface area contributed by atoms with Crippen LogP contribution in [0.5, 0.6) is 0 Å². The minimum Gasteiger partial charge on any atom is -0.388 e. The van der Waals surface area contributed by atoms with Crippen LogP contribution in [0.4, 0.5) is 15.9 Å². The van der Waals surface area contributed by atoms with Crippen molar-refractivity contribution in [2.75, 3.05) is 18.0 Å². The fourth-order valence-corrected chi connectivity index (χ4v) is 4.01. The summed E-state index contributed by atoms with van der Waals surface area (Å²) in [4.78, 5) is 15.3. The highest BCUT2D eigenvalue weighted by molar-refractivity contribution is 6.21. The smallest absolute Gasteiger partial charge is 0.133 e. The number of aromatic nitrogens is 4. The summed E-state index contributed by atoms with van der Waals surface area (Å²) in [6.07, 6.45) is 6.63. The molecular formula is C21H21FN6O. The normalized spacial score (nSPS) is 20.8. The van der Waals surface area contributed by atoms with Gasteiger partial charge in [-0.2, -0.15) is 5.10 Å². The molecule has 2 aromatic heterocycles. The Bertz CT molecular complexity index is 1140. The molecule has 148 valence electrons.